The second-order valence-electron chi connectivity index (χ2n) is 7.13. The van der Waals surface area contributed by atoms with Crippen molar-refractivity contribution in [2.45, 2.75) is 64.6 Å². The van der Waals surface area contributed by atoms with Crippen LogP contribution in [-0.4, -0.2) is 17.4 Å². The van der Waals surface area contributed by atoms with Crippen molar-refractivity contribution in [1.82, 2.24) is 0 Å². The van der Waals surface area contributed by atoms with Crippen LogP contribution < -0.4 is 0 Å². The van der Waals surface area contributed by atoms with Crippen molar-refractivity contribution in [3.8, 4) is 0 Å². The number of hydrogen-bond donors (Lipinski definition) is 0. The molecule has 0 aliphatic heterocycles. The first-order valence-corrected chi connectivity index (χ1v) is 8.52. The summed E-state index contributed by atoms with van der Waals surface area (Å²) in [6.45, 7) is 15.0. The predicted molar refractivity (Wildman–Crippen MR) is 87.3 cm³/mol. The minimum absolute atomic E-state index is 0.102. The van der Waals surface area contributed by atoms with E-state index in [9.17, 15) is 0 Å². The highest BCUT2D eigenvalue weighted by Crippen LogP contribution is 2.61. The molecule has 0 unspecified atom stereocenters. The lowest BCUT2D eigenvalue weighted by atomic mass is 10.1. The van der Waals surface area contributed by atoms with Gasteiger partial charge in [0.25, 0.3) is 0 Å². The Hall–Kier alpha value is -0.390. The van der Waals surface area contributed by atoms with Gasteiger partial charge in [-0.15, -0.1) is 0 Å². The average Bonchev–Trinajstić information content (AvgIpc) is 2.25. The first-order chi connectivity index (χ1) is 8.66. The van der Waals surface area contributed by atoms with Crippen LogP contribution in [0.25, 0.3) is 0 Å². The second kappa shape index (κ2) is 6.37. The highest BCUT2D eigenvalue weighted by molar-refractivity contribution is 7.60. The number of rotatable bonds is 4. The smallest absolute Gasteiger partial charge is 0.0715 e. The van der Waals surface area contributed by atoms with Gasteiger partial charge in [-0.1, -0.05) is 73.7 Å². The summed E-state index contributed by atoms with van der Waals surface area (Å²) in [4.78, 5) is 0. The second-order valence-corrected chi connectivity index (χ2v) is 11.0. The lowest BCUT2D eigenvalue weighted by Gasteiger charge is -2.42. The van der Waals surface area contributed by atoms with Gasteiger partial charge in [0.1, 0.15) is 0 Å². The Labute approximate surface area is 120 Å². The van der Waals surface area contributed by atoms with Gasteiger partial charge in [-0.05, 0) is 27.6 Å². The Kier molecular flexibility index (Phi) is 5.59. The molecule has 0 aliphatic rings. The fourth-order valence-electron chi connectivity index (χ4n) is 2.66. The van der Waals surface area contributed by atoms with Crippen molar-refractivity contribution < 1.29 is 4.74 Å². The SMILES string of the molecule is COCc1ccccc1CP(C(C)(C)C)C(C)(C)C. The van der Waals surface area contributed by atoms with Crippen LogP contribution in [-0.2, 0) is 17.5 Å². The quantitative estimate of drug-likeness (QED) is 0.670. The van der Waals surface area contributed by atoms with Crippen LogP contribution in [0, 0.1) is 0 Å². The largest absolute Gasteiger partial charge is 0.380 e. The van der Waals surface area contributed by atoms with Crippen LogP contribution in [0.1, 0.15) is 52.7 Å². The number of hydrogen-bond acceptors (Lipinski definition) is 1. The summed E-state index contributed by atoms with van der Waals surface area (Å²) in [7, 11) is 1.67. The molecule has 1 aromatic carbocycles. The molecule has 0 heterocycles. The molecule has 0 atom stereocenters. The van der Waals surface area contributed by atoms with E-state index >= 15 is 0 Å². The molecule has 0 fully saturated rings. The molecule has 0 radical (unpaired) electrons. The van der Waals surface area contributed by atoms with E-state index in [-0.39, 0.29) is 7.92 Å². The maximum atomic E-state index is 5.33. The zero-order chi connectivity index (χ0) is 14.7. The van der Waals surface area contributed by atoms with E-state index in [2.05, 4.69) is 65.8 Å². The fourth-order valence-corrected chi connectivity index (χ4v) is 6.27. The van der Waals surface area contributed by atoms with E-state index in [1.807, 2.05) is 0 Å². The van der Waals surface area contributed by atoms with Crippen molar-refractivity contribution in [3.63, 3.8) is 0 Å². The molecule has 0 saturated carbocycles. The molecular weight excluding hydrogens is 251 g/mol. The van der Waals surface area contributed by atoms with Gasteiger partial charge in [-0.25, -0.2) is 0 Å². The fraction of sp³-hybridized carbons (Fsp3) is 0.647. The van der Waals surface area contributed by atoms with E-state index in [0.29, 0.717) is 16.9 Å². The van der Waals surface area contributed by atoms with Crippen LogP contribution in [0.2, 0.25) is 0 Å². The first-order valence-electron chi connectivity index (χ1n) is 6.99. The average molecular weight is 280 g/mol. The lowest BCUT2D eigenvalue weighted by Crippen LogP contribution is -2.26. The third-order valence-electron chi connectivity index (χ3n) is 3.37. The first kappa shape index (κ1) is 16.7. The van der Waals surface area contributed by atoms with Crippen LogP contribution in [0.15, 0.2) is 24.3 Å². The van der Waals surface area contributed by atoms with Gasteiger partial charge in [0.2, 0.25) is 0 Å². The van der Waals surface area contributed by atoms with Gasteiger partial charge in [-0.2, -0.15) is 0 Å². The van der Waals surface area contributed by atoms with Gasteiger partial charge < -0.3 is 4.74 Å². The summed E-state index contributed by atoms with van der Waals surface area (Å²) in [6.07, 6.45) is 1.18. The molecule has 1 aromatic rings. The molecule has 0 amide bonds. The van der Waals surface area contributed by atoms with E-state index < -0.39 is 0 Å². The van der Waals surface area contributed by atoms with Gasteiger partial charge in [0.05, 0.1) is 6.61 Å². The zero-order valence-corrected chi connectivity index (χ0v) is 14.5. The highest BCUT2D eigenvalue weighted by atomic mass is 31.1. The van der Waals surface area contributed by atoms with Crippen molar-refractivity contribution in [3.05, 3.63) is 35.4 Å². The minimum atomic E-state index is -0.102. The number of methoxy groups -OCH3 is 1. The molecule has 1 rings (SSSR count). The minimum Gasteiger partial charge on any atom is -0.380 e. The van der Waals surface area contributed by atoms with Crippen molar-refractivity contribution in [2.24, 2.45) is 0 Å². The van der Waals surface area contributed by atoms with E-state index in [1.54, 1.807) is 7.11 Å². The predicted octanol–water partition coefficient (Wildman–Crippen LogP) is 5.41. The molecule has 2 heteroatoms. The maximum absolute atomic E-state index is 5.33. The van der Waals surface area contributed by atoms with Crippen LogP contribution in [0.4, 0.5) is 0 Å². The Balaban J connectivity index is 3.04. The number of ether oxygens (including phenoxy) is 1. The molecule has 108 valence electrons. The Bertz CT molecular complexity index is 384. The lowest BCUT2D eigenvalue weighted by molar-refractivity contribution is 0.184. The van der Waals surface area contributed by atoms with E-state index in [4.69, 9.17) is 4.74 Å². The van der Waals surface area contributed by atoms with Crippen molar-refractivity contribution in [1.29, 1.82) is 0 Å². The summed E-state index contributed by atoms with van der Waals surface area (Å²) < 4.78 is 5.33. The molecule has 0 saturated heterocycles. The Morgan fingerprint density at radius 1 is 0.895 bits per heavy atom. The molecule has 0 bridgehead atoms. The Morgan fingerprint density at radius 2 is 1.37 bits per heavy atom. The normalized spacial score (nSPS) is 13.1. The molecule has 19 heavy (non-hydrogen) atoms. The summed E-state index contributed by atoms with van der Waals surface area (Å²) >= 11 is 0. The van der Waals surface area contributed by atoms with Gasteiger partial charge in [0.15, 0.2) is 0 Å². The molecule has 0 aromatic heterocycles. The third-order valence-corrected chi connectivity index (χ3v) is 7.26. The number of benzene rings is 1. The summed E-state index contributed by atoms with van der Waals surface area (Å²) in [5.74, 6) is 0. The van der Waals surface area contributed by atoms with Gasteiger partial charge >= 0.3 is 0 Å². The van der Waals surface area contributed by atoms with Gasteiger partial charge in [-0.3, -0.25) is 0 Å². The van der Waals surface area contributed by atoms with Crippen LogP contribution in [0.3, 0.4) is 0 Å². The standard InChI is InChI=1S/C17H29OP/c1-16(2,3)19(17(4,5)6)13-15-11-9-8-10-14(15)12-18-7/h8-11H,12-13H2,1-7H3. The zero-order valence-electron chi connectivity index (χ0n) is 13.6. The third kappa shape index (κ3) is 4.89. The van der Waals surface area contributed by atoms with Crippen molar-refractivity contribution >= 4 is 7.92 Å². The molecule has 0 spiro atoms. The Morgan fingerprint density at radius 3 is 1.79 bits per heavy atom. The summed E-state index contributed by atoms with van der Waals surface area (Å²) in [5, 5.41) is 0.738. The maximum Gasteiger partial charge on any atom is 0.0715 e. The highest BCUT2D eigenvalue weighted by Gasteiger charge is 2.34. The molecule has 0 N–H and O–H groups in total. The topological polar surface area (TPSA) is 9.23 Å². The summed E-state index contributed by atoms with van der Waals surface area (Å²) in [6, 6.07) is 8.71. The monoisotopic (exact) mass is 280 g/mol. The van der Waals surface area contributed by atoms with E-state index in [1.165, 1.54) is 17.3 Å². The summed E-state index contributed by atoms with van der Waals surface area (Å²) in [5.41, 5.74) is 2.80. The molecule has 0 aliphatic carbocycles. The van der Waals surface area contributed by atoms with Crippen LogP contribution >= 0.6 is 7.92 Å². The molecule has 1 nitrogen and oxygen atoms in total. The van der Waals surface area contributed by atoms with Crippen molar-refractivity contribution in [2.75, 3.05) is 7.11 Å². The molecular formula is C17H29OP. The van der Waals surface area contributed by atoms with Crippen LogP contribution in [0.5, 0.6) is 0 Å². The van der Waals surface area contributed by atoms with Gasteiger partial charge in [0, 0.05) is 7.11 Å². The van der Waals surface area contributed by atoms with E-state index in [0.717, 1.165) is 0 Å².